The normalized spacial score (nSPS) is 19.7. The molecule has 0 unspecified atom stereocenters. The standard InChI is InChI=1S/2C21H29NO3.C20H28N2O3.C20H30N2O2.3CH4.Al.I4S.2Li.2H2O.4H/c2*1-5-13-21(15-17-10-7-6-8-11-17)16-22(14-9-12-18(21)23)19(24)25-20(2,3)4;1-5-11-20(14-16-9-7-6-8-10-16)15-22(13-12-21-17(20)23)18(24)25-19(2,3)4;1-5-11-20(14-17-9-7-6-8-10-17)15-21-12-13-22(16-20)18(23)24-19(2,3)4;;;;;1-5(2,3)4;;;;;;;;/h2*5-8,10-11H,1,9,12-16H2,2-4H3;5-10H,1,11-15H2,2-4H3,(H,21,23);5-10,21H,1,11-16H2,2-4H3;3*1H4;;;;;2*1H2;;;;/q;;;;;;;;;2*+1;;;;;;-1/p-1/t2*21-;2*20-;;;;;;;;;;;;;/m0001............./s1. The number of benzene rings is 4. The summed E-state index contributed by atoms with van der Waals surface area (Å²) in [6.07, 6.45) is 13.4. The predicted molar refractivity (Wildman–Crippen MR) is 496 cm³/mol. The predicted octanol–water partition coefficient (Wildman–Crippen LogP) is 13.6. The molecule has 4 atom stereocenters. The monoisotopic (exact) mass is 2030 g/mol. The number of allylic oxidation sites excluding steroid dienone is 4. The van der Waals surface area contributed by atoms with Crippen LogP contribution in [0.3, 0.4) is 0 Å². The number of ketones is 2. The molecule has 0 aliphatic carbocycles. The molecule has 4 fully saturated rings. The summed E-state index contributed by atoms with van der Waals surface area (Å²) in [4.78, 5) is 95.9. The third-order valence-electron chi connectivity index (χ3n) is 17.4. The second-order valence-electron chi connectivity index (χ2n) is 31.4. The first kappa shape index (κ1) is 117. The van der Waals surface area contributed by atoms with E-state index in [1.165, 1.54) is 5.56 Å². The Morgan fingerprint density at radius 3 is 1.01 bits per heavy atom. The van der Waals surface area contributed by atoms with Crippen LogP contribution in [0.1, 0.15) is 180 Å². The summed E-state index contributed by atoms with van der Waals surface area (Å²) in [6.45, 7) is 43.9. The Balaban J connectivity index is -0.000000322. The van der Waals surface area contributed by atoms with Gasteiger partial charge in [-0.15, -0.1) is 26.3 Å². The summed E-state index contributed by atoms with van der Waals surface area (Å²) in [5, 5.41) is 6.45. The first-order chi connectivity index (χ1) is 48.6. The molecular formula is C85H135AlI4Li2N6O13S. The minimum absolute atomic E-state index is 0. The second kappa shape index (κ2) is 55.4. The molecule has 0 aromatic heterocycles. The van der Waals surface area contributed by atoms with E-state index in [1.54, 1.807) is 32.9 Å². The zero-order chi connectivity index (χ0) is 77.6. The van der Waals surface area contributed by atoms with E-state index in [1.807, 2.05) is 191 Å². The number of rotatable bonds is 16. The van der Waals surface area contributed by atoms with E-state index in [-0.39, 0.29) is 136 Å². The van der Waals surface area contributed by atoms with Gasteiger partial charge in [-0.05, 0) is 168 Å². The molecule has 5 N–H and O–H groups in total. The van der Waals surface area contributed by atoms with Crippen molar-refractivity contribution >= 4 is 143 Å². The smallest absolute Gasteiger partial charge is 1.00 e. The Morgan fingerprint density at radius 1 is 0.446 bits per heavy atom. The molecule has 4 aromatic carbocycles. The fourth-order valence-corrected chi connectivity index (χ4v) is 13.1. The van der Waals surface area contributed by atoms with Gasteiger partial charge in [-0.25, -0.2) is 19.2 Å². The van der Waals surface area contributed by atoms with Crippen molar-refractivity contribution in [2.75, 3.05) is 72.0 Å². The van der Waals surface area contributed by atoms with Gasteiger partial charge in [0.1, 0.15) is 34.0 Å². The van der Waals surface area contributed by atoms with Crippen molar-refractivity contribution in [1.29, 1.82) is 0 Å². The fraction of sp³-hybridized carbons (Fsp3) is 0.541. The minimum Gasteiger partial charge on any atom is -1.00 e. The maximum atomic E-state index is 13.0. The average molecular weight is 2030 g/mol. The zero-order valence-electron chi connectivity index (χ0n) is 67.6. The number of likely N-dealkylation sites (tertiary alicyclic amines) is 2. The quantitative estimate of drug-likeness (QED) is 0.0458. The zero-order valence-corrected chi connectivity index (χ0v) is 76.0. The summed E-state index contributed by atoms with van der Waals surface area (Å²) in [6, 6.07) is 40.3. The number of hydrogen-bond acceptors (Lipinski definition) is 13. The average Bonchev–Trinajstić information content (AvgIpc) is 1.76. The minimum atomic E-state index is -0.740. The van der Waals surface area contributed by atoms with Crippen molar-refractivity contribution < 1.29 is 103 Å². The number of carbonyl (C=O) groups excluding carboxylic acids is 7. The Kier molecular flexibility index (Phi) is 57.9. The third kappa shape index (κ3) is 43.9. The van der Waals surface area contributed by atoms with Crippen molar-refractivity contribution in [3.05, 3.63) is 194 Å². The van der Waals surface area contributed by atoms with Gasteiger partial charge in [0.15, 0.2) is 17.4 Å². The molecule has 4 aliphatic rings. The molecule has 4 aromatic rings. The van der Waals surface area contributed by atoms with E-state index >= 15 is 0 Å². The van der Waals surface area contributed by atoms with Gasteiger partial charge in [-0.1, -0.05) is 168 Å². The Labute approximate surface area is 760 Å². The number of nitrogens with one attached hydrogen (secondary N) is 2. The number of halogens is 4. The Morgan fingerprint density at radius 2 is 0.705 bits per heavy atom. The van der Waals surface area contributed by atoms with Crippen LogP contribution in [0, 0.1) is 21.7 Å². The van der Waals surface area contributed by atoms with Crippen LogP contribution in [0.25, 0.3) is 0 Å². The molecule has 0 bridgehead atoms. The maximum absolute atomic E-state index is 13.0. The van der Waals surface area contributed by atoms with Gasteiger partial charge in [0.25, 0.3) is 0 Å². The molecule has 622 valence electrons. The SMILES string of the molecule is C.C.C.C=CC[C@@]1(Cc2ccccc2)CNCCN(C(=O)OC(C)(C)C)C1.C=CC[C@]1(Cc2ccccc2)CN(C(=O)OC(C)(C)C)CCCC1=O.C=CC[C@]1(Cc2ccccc2)CN(C(=O)OC(C)(C)C)CCCC1=O.C=CC[C@]1(Cc2ccccc2)CN(C(=O)OC(C)(C)C)CCNC1=O.IS(I)(I)I.O.[AlH3].[H-].[Li+].[Li+].[OH-]. The van der Waals surface area contributed by atoms with Crippen molar-refractivity contribution in [3.63, 3.8) is 0 Å². The van der Waals surface area contributed by atoms with Gasteiger partial charge in [0.05, 0.1) is 16.2 Å². The van der Waals surface area contributed by atoms with E-state index in [9.17, 15) is 33.6 Å². The molecular weight excluding hydrogens is 1890 g/mol. The van der Waals surface area contributed by atoms with Crippen LogP contribution in [-0.4, -0.2) is 184 Å². The molecule has 5 amide bonds. The van der Waals surface area contributed by atoms with E-state index in [0.717, 1.165) is 42.6 Å². The van der Waals surface area contributed by atoms with Crippen LogP contribution in [-0.2, 0) is 59.0 Å². The molecule has 4 heterocycles. The van der Waals surface area contributed by atoms with Gasteiger partial charge < -0.3 is 61.6 Å². The maximum Gasteiger partial charge on any atom is 1.00 e. The summed E-state index contributed by atoms with van der Waals surface area (Å²) >= 11 is 9.68. The van der Waals surface area contributed by atoms with Gasteiger partial charge in [-0.2, -0.15) is 0 Å². The van der Waals surface area contributed by atoms with Crippen molar-refractivity contribution in [2.24, 2.45) is 21.7 Å². The van der Waals surface area contributed by atoms with Crippen LogP contribution in [0.2, 0.25) is 0 Å². The van der Waals surface area contributed by atoms with E-state index < -0.39 is 38.6 Å². The number of ether oxygens (including phenoxy) is 4. The van der Waals surface area contributed by atoms with Crippen molar-refractivity contribution in [2.45, 2.75) is 205 Å². The summed E-state index contributed by atoms with van der Waals surface area (Å²) in [7, 11) is 0. The van der Waals surface area contributed by atoms with Crippen LogP contribution in [0.4, 0.5) is 19.2 Å². The summed E-state index contributed by atoms with van der Waals surface area (Å²) in [5.74, 6) is 0.381. The fourth-order valence-electron chi connectivity index (χ4n) is 13.1. The van der Waals surface area contributed by atoms with Crippen molar-refractivity contribution in [1.82, 2.24) is 30.2 Å². The number of amides is 5. The van der Waals surface area contributed by atoms with E-state index in [2.05, 4.69) is 146 Å². The summed E-state index contributed by atoms with van der Waals surface area (Å²) < 4.78 is 21.9. The molecule has 4 aliphatic heterocycles. The van der Waals surface area contributed by atoms with E-state index in [4.69, 9.17) is 18.9 Å². The second-order valence-corrected chi connectivity index (χ2v) is 78.3. The van der Waals surface area contributed by atoms with Gasteiger partial charge >= 0.3 is 62.1 Å². The number of carbonyl (C=O) groups is 7. The third-order valence-corrected chi connectivity index (χ3v) is 17.4. The van der Waals surface area contributed by atoms with Gasteiger partial charge in [-0.3, -0.25) is 14.4 Å². The molecule has 27 heteroatoms. The summed E-state index contributed by atoms with van der Waals surface area (Å²) in [5.41, 5.74) is 0.353. The molecule has 0 spiro atoms. The Hall–Kier alpha value is -3.39. The van der Waals surface area contributed by atoms with Crippen LogP contribution < -0.4 is 48.4 Å². The Bertz CT molecular complexity index is 3180. The van der Waals surface area contributed by atoms with Crippen LogP contribution >= 0.6 is 83.5 Å². The van der Waals surface area contributed by atoms with Crippen LogP contribution in [0.15, 0.2) is 172 Å². The number of nitrogens with zero attached hydrogens (tertiary/aromatic N) is 4. The molecule has 19 nitrogen and oxygen atoms in total. The first-order valence-electron chi connectivity index (χ1n) is 35.8. The van der Waals surface area contributed by atoms with E-state index in [0.29, 0.717) is 123 Å². The van der Waals surface area contributed by atoms with Gasteiger partial charge in [0, 0.05) is 175 Å². The largest absolute Gasteiger partial charge is 1.00 e. The topological polar surface area (TPSA) is 255 Å². The van der Waals surface area contributed by atoms with Gasteiger partial charge in [0.2, 0.25) is 5.91 Å². The molecule has 0 radical (unpaired) electrons. The number of hydrogen-bond donors (Lipinski definition) is 2. The molecule has 4 saturated heterocycles. The first-order valence-corrected chi connectivity index (χ1v) is 47.6. The molecule has 8 rings (SSSR count). The van der Waals surface area contributed by atoms with Crippen LogP contribution in [0.5, 0.6) is 0 Å². The van der Waals surface area contributed by atoms with Crippen molar-refractivity contribution in [3.8, 4) is 0 Å². The molecule has 0 saturated carbocycles. The molecule has 112 heavy (non-hydrogen) atoms. The number of Topliss-reactive ketones (excluding diaryl/α,β-unsaturated/α-hetero) is 2.